The summed E-state index contributed by atoms with van der Waals surface area (Å²) in [5.41, 5.74) is -0.380. The van der Waals surface area contributed by atoms with Crippen molar-refractivity contribution in [1.29, 1.82) is 0 Å². The van der Waals surface area contributed by atoms with Crippen LogP contribution in [-0.4, -0.2) is 29.9 Å². The molecule has 1 heterocycles. The van der Waals surface area contributed by atoms with Crippen LogP contribution < -0.4 is 0 Å². The highest BCUT2D eigenvalue weighted by molar-refractivity contribution is 8.00. The van der Waals surface area contributed by atoms with Crippen LogP contribution in [0.2, 0.25) is 0 Å². The number of hydrogen-bond acceptors (Lipinski definition) is 4. The summed E-state index contributed by atoms with van der Waals surface area (Å²) in [4.78, 5) is 12.0. The van der Waals surface area contributed by atoms with E-state index in [1.165, 1.54) is 12.8 Å². The van der Waals surface area contributed by atoms with E-state index >= 15 is 0 Å². The van der Waals surface area contributed by atoms with E-state index in [9.17, 15) is 4.79 Å². The normalized spacial score (nSPS) is 36.9. The van der Waals surface area contributed by atoms with Crippen LogP contribution in [-0.2, 0) is 14.3 Å². The van der Waals surface area contributed by atoms with Crippen LogP contribution in [0.1, 0.15) is 40.0 Å². The summed E-state index contributed by atoms with van der Waals surface area (Å²) in [6.45, 7) is 7.36. The number of carbonyl (C=O) groups is 1. The van der Waals surface area contributed by atoms with Crippen molar-refractivity contribution in [2.75, 3.05) is 12.4 Å². The van der Waals surface area contributed by atoms with E-state index in [1.807, 2.05) is 0 Å². The molecule has 2 aliphatic rings. The molecule has 0 spiro atoms. The number of hydrogen-bond donors (Lipinski definition) is 0. The van der Waals surface area contributed by atoms with Gasteiger partial charge in [-0.15, -0.1) is 11.8 Å². The van der Waals surface area contributed by atoms with Crippen molar-refractivity contribution in [2.45, 2.75) is 51.6 Å². The molecule has 18 heavy (non-hydrogen) atoms. The smallest absolute Gasteiger partial charge is 0.346 e. The average molecular weight is 272 g/mol. The standard InChI is InChI=1S/C14H24O3S/c1-9(2)11-5-4-10(3)8-12(11)17-13(15)14-16-6-7-18-14/h9-12,14H,4-8H2,1-3H3/t10-,11+,12-,14?/m0/s1. The summed E-state index contributed by atoms with van der Waals surface area (Å²) in [6, 6.07) is 0. The van der Waals surface area contributed by atoms with E-state index in [0.717, 1.165) is 12.2 Å². The molecule has 0 aromatic carbocycles. The zero-order chi connectivity index (χ0) is 13.1. The first-order valence-corrected chi connectivity index (χ1v) is 8.06. The van der Waals surface area contributed by atoms with E-state index in [2.05, 4.69) is 20.8 Å². The SMILES string of the molecule is CC(C)[C@H]1CC[C@H](C)C[C@@H]1OC(=O)C1OCCS1. The molecule has 0 amide bonds. The fourth-order valence-electron chi connectivity index (χ4n) is 2.95. The van der Waals surface area contributed by atoms with Crippen molar-refractivity contribution >= 4 is 17.7 Å². The van der Waals surface area contributed by atoms with Gasteiger partial charge in [-0.2, -0.15) is 0 Å². The van der Waals surface area contributed by atoms with Crippen LogP contribution in [0.25, 0.3) is 0 Å². The van der Waals surface area contributed by atoms with Crippen molar-refractivity contribution in [3.8, 4) is 0 Å². The minimum Gasteiger partial charge on any atom is -0.459 e. The highest BCUT2D eigenvalue weighted by atomic mass is 32.2. The lowest BCUT2D eigenvalue weighted by Crippen LogP contribution is -2.37. The zero-order valence-electron chi connectivity index (χ0n) is 11.6. The molecule has 3 nitrogen and oxygen atoms in total. The summed E-state index contributed by atoms with van der Waals surface area (Å²) in [6.07, 6.45) is 3.53. The van der Waals surface area contributed by atoms with Crippen LogP contribution in [0.4, 0.5) is 0 Å². The van der Waals surface area contributed by atoms with Gasteiger partial charge in [0.2, 0.25) is 5.44 Å². The molecular formula is C14H24O3S. The molecule has 1 aliphatic carbocycles. The molecule has 4 heteroatoms. The summed E-state index contributed by atoms with van der Waals surface area (Å²) in [5, 5.41) is 0. The average Bonchev–Trinajstić information content (AvgIpc) is 2.81. The molecule has 0 N–H and O–H groups in total. The molecule has 1 saturated carbocycles. The molecule has 1 saturated heterocycles. The molecule has 2 rings (SSSR count). The van der Waals surface area contributed by atoms with Crippen LogP contribution >= 0.6 is 11.8 Å². The number of rotatable bonds is 3. The van der Waals surface area contributed by atoms with Crippen LogP contribution in [0.3, 0.4) is 0 Å². The largest absolute Gasteiger partial charge is 0.459 e. The van der Waals surface area contributed by atoms with Gasteiger partial charge < -0.3 is 9.47 Å². The van der Waals surface area contributed by atoms with Gasteiger partial charge in [0.25, 0.3) is 0 Å². The van der Waals surface area contributed by atoms with E-state index in [4.69, 9.17) is 9.47 Å². The van der Waals surface area contributed by atoms with Gasteiger partial charge in [-0.05, 0) is 30.6 Å². The van der Waals surface area contributed by atoms with Crippen LogP contribution in [0.15, 0.2) is 0 Å². The predicted molar refractivity (Wildman–Crippen MR) is 73.4 cm³/mol. The lowest BCUT2D eigenvalue weighted by molar-refractivity contribution is -0.162. The Bertz CT molecular complexity index is 287. The molecule has 104 valence electrons. The van der Waals surface area contributed by atoms with Gasteiger partial charge in [-0.25, -0.2) is 4.79 Å². The molecule has 0 aromatic heterocycles. The number of carbonyl (C=O) groups excluding carboxylic acids is 1. The number of esters is 1. The third kappa shape index (κ3) is 3.41. The Hall–Kier alpha value is -0.220. The minimum atomic E-state index is -0.380. The molecule has 2 fully saturated rings. The lowest BCUT2D eigenvalue weighted by atomic mass is 9.75. The molecule has 4 atom stereocenters. The van der Waals surface area contributed by atoms with Gasteiger partial charge in [0.05, 0.1) is 6.61 Å². The monoisotopic (exact) mass is 272 g/mol. The maximum absolute atomic E-state index is 12.0. The molecule has 0 radical (unpaired) electrons. The van der Waals surface area contributed by atoms with Gasteiger partial charge in [-0.3, -0.25) is 0 Å². The summed E-state index contributed by atoms with van der Waals surface area (Å²) < 4.78 is 11.1. The van der Waals surface area contributed by atoms with Gasteiger partial charge in [-0.1, -0.05) is 27.2 Å². The third-order valence-corrected chi connectivity index (χ3v) is 5.08. The molecule has 0 aromatic rings. The van der Waals surface area contributed by atoms with Crippen molar-refractivity contribution < 1.29 is 14.3 Å². The second-order valence-corrected chi connectivity index (χ2v) is 7.04. The first kappa shape index (κ1) is 14.2. The first-order valence-electron chi connectivity index (χ1n) is 7.01. The Morgan fingerprint density at radius 1 is 1.39 bits per heavy atom. The first-order chi connectivity index (χ1) is 8.58. The second kappa shape index (κ2) is 6.29. The Morgan fingerprint density at radius 2 is 2.17 bits per heavy atom. The number of ether oxygens (including phenoxy) is 2. The van der Waals surface area contributed by atoms with E-state index in [-0.39, 0.29) is 17.5 Å². The van der Waals surface area contributed by atoms with E-state index in [1.54, 1.807) is 11.8 Å². The predicted octanol–water partition coefficient (Wildman–Crippen LogP) is 3.08. The van der Waals surface area contributed by atoms with Crippen LogP contribution in [0, 0.1) is 17.8 Å². The molecule has 1 unspecified atom stereocenters. The Labute approximate surface area is 114 Å². The summed E-state index contributed by atoms with van der Waals surface area (Å²) in [7, 11) is 0. The summed E-state index contributed by atoms with van der Waals surface area (Å²) in [5.74, 6) is 2.48. The van der Waals surface area contributed by atoms with Crippen molar-refractivity contribution in [2.24, 2.45) is 17.8 Å². The van der Waals surface area contributed by atoms with Gasteiger partial charge in [0, 0.05) is 5.75 Å². The highest BCUT2D eigenvalue weighted by Gasteiger charge is 2.36. The minimum absolute atomic E-state index is 0.0889. The second-order valence-electron chi connectivity index (χ2n) is 5.87. The third-order valence-electron chi connectivity index (χ3n) is 4.04. The lowest BCUT2D eigenvalue weighted by Gasteiger charge is -2.37. The Morgan fingerprint density at radius 3 is 2.78 bits per heavy atom. The number of thioether (sulfide) groups is 1. The topological polar surface area (TPSA) is 35.5 Å². The van der Waals surface area contributed by atoms with Gasteiger partial charge >= 0.3 is 5.97 Å². The van der Waals surface area contributed by atoms with Gasteiger partial charge in [0.1, 0.15) is 6.10 Å². The van der Waals surface area contributed by atoms with Crippen molar-refractivity contribution in [3.05, 3.63) is 0 Å². The van der Waals surface area contributed by atoms with E-state index in [0.29, 0.717) is 24.4 Å². The summed E-state index contributed by atoms with van der Waals surface area (Å²) >= 11 is 1.55. The maximum atomic E-state index is 12.0. The fraction of sp³-hybridized carbons (Fsp3) is 0.929. The quantitative estimate of drug-likeness (QED) is 0.740. The van der Waals surface area contributed by atoms with Crippen LogP contribution in [0.5, 0.6) is 0 Å². The van der Waals surface area contributed by atoms with Crippen molar-refractivity contribution in [1.82, 2.24) is 0 Å². The van der Waals surface area contributed by atoms with E-state index < -0.39 is 0 Å². The molecular weight excluding hydrogens is 248 g/mol. The maximum Gasteiger partial charge on any atom is 0.346 e. The van der Waals surface area contributed by atoms with Gasteiger partial charge in [0.15, 0.2) is 0 Å². The van der Waals surface area contributed by atoms with Crippen molar-refractivity contribution in [3.63, 3.8) is 0 Å². The fourth-order valence-corrected chi connectivity index (χ4v) is 3.74. The Kier molecular flexibility index (Phi) is 4.96. The Balaban J connectivity index is 1.93. The highest BCUT2D eigenvalue weighted by Crippen LogP contribution is 2.36. The zero-order valence-corrected chi connectivity index (χ0v) is 12.4. The molecule has 0 bridgehead atoms. The molecule has 1 aliphatic heterocycles.